The molecule has 0 aliphatic rings. The molecule has 108 valence electrons. The maximum Gasteiger partial charge on any atom is 0.328 e. The van der Waals surface area contributed by atoms with Crippen LogP contribution in [0.4, 0.5) is 0 Å². The fourth-order valence-corrected chi connectivity index (χ4v) is 2.22. The fourth-order valence-electron chi connectivity index (χ4n) is 2.22. The van der Waals surface area contributed by atoms with Gasteiger partial charge in [-0.3, -0.25) is 0 Å². The molecule has 0 spiro atoms. The highest BCUT2D eigenvalue weighted by atomic mass is 16.5. The van der Waals surface area contributed by atoms with Gasteiger partial charge in [-0.1, -0.05) is 47.5 Å². The maximum absolute atomic E-state index is 10.6. The van der Waals surface area contributed by atoms with E-state index < -0.39 is 5.97 Å². The van der Waals surface area contributed by atoms with Crippen molar-refractivity contribution in [2.75, 3.05) is 0 Å². The van der Waals surface area contributed by atoms with E-state index in [0.717, 1.165) is 17.2 Å². The second-order valence-electron chi connectivity index (χ2n) is 4.99. The molecule has 3 heteroatoms. The van der Waals surface area contributed by atoms with Crippen LogP contribution in [-0.4, -0.2) is 11.1 Å². The molecule has 0 bridgehead atoms. The highest BCUT2D eigenvalue weighted by molar-refractivity contribution is 5.85. The molecule has 3 nitrogen and oxygen atoms in total. The summed E-state index contributed by atoms with van der Waals surface area (Å²) in [6.45, 7) is 4.57. The Morgan fingerprint density at radius 1 is 1.14 bits per heavy atom. The quantitative estimate of drug-likeness (QED) is 0.844. The van der Waals surface area contributed by atoms with Crippen molar-refractivity contribution in [3.63, 3.8) is 0 Å². The van der Waals surface area contributed by atoms with Gasteiger partial charge in [0.15, 0.2) is 0 Å². The first-order valence-electron chi connectivity index (χ1n) is 6.74. The van der Waals surface area contributed by atoms with Gasteiger partial charge in [-0.25, -0.2) is 4.79 Å². The molecule has 2 aromatic carbocycles. The average Bonchev–Trinajstić information content (AvgIpc) is 2.42. The molecule has 0 radical (unpaired) electrons. The van der Waals surface area contributed by atoms with E-state index in [1.165, 1.54) is 11.1 Å². The first-order chi connectivity index (χ1) is 10.0. The van der Waals surface area contributed by atoms with Gasteiger partial charge in [-0.2, -0.15) is 0 Å². The third-order valence-corrected chi connectivity index (χ3v) is 3.00. The molecular formula is C18H18O3. The molecule has 0 heterocycles. The topological polar surface area (TPSA) is 46.5 Å². The molecular weight excluding hydrogens is 264 g/mol. The summed E-state index contributed by atoms with van der Waals surface area (Å²) in [5, 5.41) is 8.71. The van der Waals surface area contributed by atoms with E-state index in [-0.39, 0.29) is 0 Å². The number of para-hydroxylation sites is 1. The van der Waals surface area contributed by atoms with E-state index in [2.05, 4.69) is 32.0 Å². The Morgan fingerprint density at radius 3 is 2.48 bits per heavy atom. The van der Waals surface area contributed by atoms with Gasteiger partial charge in [-0.05, 0) is 31.6 Å². The Balaban J connectivity index is 2.14. The van der Waals surface area contributed by atoms with Crippen molar-refractivity contribution in [2.45, 2.75) is 20.5 Å². The van der Waals surface area contributed by atoms with E-state index >= 15 is 0 Å². The second-order valence-corrected chi connectivity index (χ2v) is 4.99. The number of rotatable bonds is 5. The Morgan fingerprint density at radius 2 is 1.81 bits per heavy atom. The third-order valence-electron chi connectivity index (χ3n) is 3.00. The van der Waals surface area contributed by atoms with Gasteiger partial charge in [-0.15, -0.1) is 0 Å². The number of ether oxygens (including phenoxy) is 1. The Hall–Kier alpha value is -2.55. The van der Waals surface area contributed by atoms with Gasteiger partial charge in [0, 0.05) is 11.6 Å². The SMILES string of the molecule is Cc1cc(C)cc(COc2ccccc2/C=C/C(=O)O)c1. The largest absolute Gasteiger partial charge is 0.488 e. The molecule has 0 atom stereocenters. The standard InChI is InChI=1S/C18H18O3/c1-13-9-14(2)11-15(10-13)12-21-17-6-4-3-5-16(17)7-8-18(19)20/h3-11H,12H2,1-2H3,(H,19,20)/b8-7+. The smallest absolute Gasteiger partial charge is 0.328 e. The first-order valence-corrected chi connectivity index (χ1v) is 6.74. The molecule has 0 amide bonds. The minimum absolute atomic E-state index is 0.459. The first kappa shape index (κ1) is 14.9. The van der Waals surface area contributed by atoms with Crippen LogP contribution >= 0.6 is 0 Å². The predicted molar refractivity (Wildman–Crippen MR) is 83.4 cm³/mol. The number of carbonyl (C=O) groups is 1. The monoisotopic (exact) mass is 282 g/mol. The molecule has 0 aliphatic carbocycles. The van der Waals surface area contributed by atoms with E-state index in [1.54, 1.807) is 6.08 Å². The van der Waals surface area contributed by atoms with E-state index in [4.69, 9.17) is 9.84 Å². The van der Waals surface area contributed by atoms with Crippen molar-refractivity contribution >= 4 is 12.0 Å². The summed E-state index contributed by atoms with van der Waals surface area (Å²) in [5.74, 6) is -0.298. The second kappa shape index (κ2) is 6.75. The molecule has 21 heavy (non-hydrogen) atoms. The van der Waals surface area contributed by atoms with Crippen LogP contribution in [0.1, 0.15) is 22.3 Å². The van der Waals surface area contributed by atoms with Crippen molar-refractivity contribution in [1.82, 2.24) is 0 Å². The van der Waals surface area contributed by atoms with Crippen molar-refractivity contribution in [1.29, 1.82) is 0 Å². The number of aliphatic carboxylic acids is 1. The van der Waals surface area contributed by atoms with Gasteiger partial charge in [0.25, 0.3) is 0 Å². The van der Waals surface area contributed by atoms with Gasteiger partial charge >= 0.3 is 5.97 Å². The van der Waals surface area contributed by atoms with Crippen LogP contribution in [0.3, 0.4) is 0 Å². The Labute approximate surface area is 124 Å². The predicted octanol–water partition coefficient (Wildman–Crippen LogP) is 3.98. The van der Waals surface area contributed by atoms with Crippen molar-refractivity contribution in [3.8, 4) is 5.75 Å². The molecule has 2 rings (SSSR count). The maximum atomic E-state index is 10.6. The van der Waals surface area contributed by atoms with Crippen molar-refractivity contribution in [3.05, 3.63) is 70.8 Å². The fraction of sp³-hybridized carbons (Fsp3) is 0.167. The van der Waals surface area contributed by atoms with E-state index in [9.17, 15) is 4.79 Å². The molecule has 0 saturated carbocycles. The lowest BCUT2D eigenvalue weighted by atomic mass is 10.1. The number of hydrogen-bond donors (Lipinski definition) is 1. The number of carboxylic acids is 1. The van der Waals surface area contributed by atoms with Crippen molar-refractivity contribution < 1.29 is 14.6 Å². The van der Waals surface area contributed by atoms with E-state index in [0.29, 0.717) is 12.4 Å². The Bertz CT molecular complexity index is 652. The van der Waals surface area contributed by atoms with Crippen molar-refractivity contribution in [2.24, 2.45) is 0 Å². The van der Waals surface area contributed by atoms with Gasteiger partial charge in [0.2, 0.25) is 0 Å². The lowest BCUT2D eigenvalue weighted by Gasteiger charge is -2.10. The minimum atomic E-state index is -0.973. The zero-order chi connectivity index (χ0) is 15.2. The molecule has 2 aromatic rings. The van der Waals surface area contributed by atoms with Crippen LogP contribution in [0.25, 0.3) is 6.08 Å². The van der Waals surface area contributed by atoms with Crippen LogP contribution in [0, 0.1) is 13.8 Å². The van der Waals surface area contributed by atoms with Gasteiger partial charge in [0.1, 0.15) is 12.4 Å². The summed E-state index contributed by atoms with van der Waals surface area (Å²) >= 11 is 0. The molecule has 0 aliphatic heterocycles. The Kier molecular flexibility index (Phi) is 4.77. The number of hydrogen-bond acceptors (Lipinski definition) is 2. The molecule has 0 saturated heterocycles. The molecule has 0 aromatic heterocycles. The van der Waals surface area contributed by atoms with Crippen LogP contribution in [0.5, 0.6) is 5.75 Å². The minimum Gasteiger partial charge on any atom is -0.488 e. The lowest BCUT2D eigenvalue weighted by molar-refractivity contribution is -0.131. The number of benzene rings is 2. The summed E-state index contributed by atoms with van der Waals surface area (Å²) in [6.07, 6.45) is 2.65. The van der Waals surface area contributed by atoms with E-state index in [1.807, 2.05) is 24.3 Å². The normalized spacial score (nSPS) is 10.8. The zero-order valence-electron chi connectivity index (χ0n) is 12.2. The van der Waals surface area contributed by atoms with Gasteiger partial charge in [0.05, 0.1) is 0 Å². The number of carboxylic acid groups (broad SMARTS) is 1. The summed E-state index contributed by atoms with van der Waals surface area (Å²) in [4.78, 5) is 10.6. The highest BCUT2D eigenvalue weighted by Crippen LogP contribution is 2.21. The molecule has 0 fully saturated rings. The molecule has 0 unspecified atom stereocenters. The lowest BCUT2D eigenvalue weighted by Crippen LogP contribution is -1.98. The molecule has 1 N–H and O–H groups in total. The van der Waals surface area contributed by atoms with Crippen LogP contribution < -0.4 is 4.74 Å². The zero-order valence-corrected chi connectivity index (χ0v) is 12.2. The number of aryl methyl sites for hydroxylation is 2. The highest BCUT2D eigenvalue weighted by Gasteiger charge is 2.02. The summed E-state index contributed by atoms with van der Waals surface area (Å²) in [5.41, 5.74) is 4.26. The van der Waals surface area contributed by atoms with Crippen LogP contribution in [0.2, 0.25) is 0 Å². The average molecular weight is 282 g/mol. The summed E-state index contributed by atoms with van der Waals surface area (Å²) in [7, 11) is 0. The van der Waals surface area contributed by atoms with Crippen LogP contribution in [-0.2, 0) is 11.4 Å². The summed E-state index contributed by atoms with van der Waals surface area (Å²) in [6, 6.07) is 13.7. The summed E-state index contributed by atoms with van der Waals surface area (Å²) < 4.78 is 5.82. The van der Waals surface area contributed by atoms with Gasteiger partial charge < -0.3 is 9.84 Å². The third kappa shape index (κ3) is 4.49. The van der Waals surface area contributed by atoms with Crippen LogP contribution in [0.15, 0.2) is 48.5 Å².